The number of halogens is 1. The molecule has 1 unspecified atom stereocenters. The first-order chi connectivity index (χ1) is 8.65. The molecule has 1 aromatic rings. The number of nitrogens with two attached hydrogens (primary N) is 1. The van der Waals surface area contributed by atoms with Crippen LogP contribution in [0.25, 0.3) is 0 Å². The van der Waals surface area contributed by atoms with Crippen molar-refractivity contribution >= 4 is 23.2 Å². The van der Waals surface area contributed by atoms with Crippen LogP contribution in [0.5, 0.6) is 0 Å². The lowest BCUT2D eigenvalue weighted by Gasteiger charge is -2.46. The van der Waals surface area contributed by atoms with Crippen molar-refractivity contribution in [2.45, 2.75) is 6.04 Å². The average molecular weight is 267 g/mol. The molecule has 5 nitrogen and oxygen atoms in total. The Bertz CT molecular complexity index is 485. The molecule has 0 saturated carbocycles. The maximum absolute atomic E-state index is 12.5. The van der Waals surface area contributed by atoms with Gasteiger partial charge in [0.1, 0.15) is 5.82 Å². The lowest BCUT2D eigenvalue weighted by atomic mass is 9.98. The van der Waals surface area contributed by atoms with Crippen molar-refractivity contribution in [3.63, 3.8) is 0 Å². The number of pyridine rings is 1. The lowest BCUT2D eigenvalue weighted by Crippen LogP contribution is -2.63. The number of carbonyl (C=O) groups is 1. The van der Waals surface area contributed by atoms with Gasteiger partial charge in [-0.25, -0.2) is 4.98 Å². The fourth-order valence-corrected chi connectivity index (χ4v) is 2.85. The maximum Gasteiger partial charge on any atom is 0.185 e. The van der Waals surface area contributed by atoms with Crippen molar-refractivity contribution in [3.8, 4) is 0 Å². The van der Waals surface area contributed by atoms with Gasteiger partial charge in [0.15, 0.2) is 5.78 Å². The molecule has 3 saturated heterocycles. The van der Waals surface area contributed by atoms with E-state index in [0.717, 1.165) is 32.7 Å². The van der Waals surface area contributed by atoms with Gasteiger partial charge in [0.2, 0.25) is 0 Å². The van der Waals surface area contributed by atoms with Crippen LogP contribution in [0.15, 0.2) is 12.3 Å². The number of hydrogen-bond acceptors (Lipinski definition) is 5. The Morgan fingerprint density at radius 1 is 1.39 bits per heavy atom. The monoisotopic (exact) mass is 266 g/mol. The van der Waals surface area contributed by atoms with Crippen molar-refractivity contribution in [3.05, 3.63) is 22.8 Å². The van der Waals surface area contributed by atoms with Gasteiger partial charge in [-0.3, -0.25) is 14.6 Å². The van der Waals surface area contributed by atoms with E-state index >= 15 is 0 Å². The van der Waals surface area contributed by atoms with Crippen LogP contribution in [0.1, 0.15) is 10.4 Å². The molecule has 4 heterocycles. The van der Waals surface area contributed by atoms with E-state index in [4.69, 9.17) is 17.3 Å². The lowest BCUT2D eigenvalue weighted by molar-refractivity contribution is 0.0159. The van der Waals surface area contributed by atoms with Gasteiger partial charge in [0, 0.05) is 38.9 Å². The standard InChI is InChI=1S/C12H15ClN4O/c13-8-5-9(12(14)15-6-8)11(18)10-7-16-1-3-17(10)4-2-16/h5-6,10H,1-4,7H2,(H2,14,15). The van der Waals surface area contributed by atoms with E-state index in [1.165, 1.54) is 6.20 Å². The molecule has 2 N–H and O–H groups in total. The smallest absolute Gasteiger partial charge is 0.185 e. The summed E-state index contributed by atoms with van der Waals surface area (Å²) in [4.78, 5) is 21.0. The molecule has 4 rings (SSSR count). The third kappa shape index (κ3) is 1.98. The first-order valence-electron chi connectivity index (χ1n) is 6.07. The quantitative estimate of drug-likeness (QED) is 0.790. The highest BCUT2D eigenvalue weighted by molar-refractivity contribution is 6.31. The SMILES string of the molecule is Nc1ncc(Cl)cc1C(=O)C1CN2CCN1CC2. The minimum absolute atomic E-state index is 0.0342. The number of carbonyl (C=O) groups excluding carboxylic acids is 1. The Kier molecular flexibility index (Phi) is 2.97. The zero-order chi connectivity index (χ0) is 12.7. The second kappa shape index (κ2) is 4.50. The molecule has 3 aliphatic heterocycles. The number of piperazine rings is 3. The van der Waals surface area contributed by atoms with Crippen LogP contribution in [0.2, 0.25) is 5.02 Å². The van der Waals surface area contributed by atoms with Gasteiger partial charge in [0.25, 0.3) is 0 Å². The van der Waals surface area contributed by atoms with Gasteiger partial charge in [-0.15, -0.1) is 0 Å². The molecule has 0 spiro atoms. The first kappa shape index (κ1) is 11.9. The van der Waals surface area contributed by atoms with E-state index in [1.807, 2.05) is 0 Å². The third-order valence-corrected chi connectivity index (χ3v) is 3.94. The van der Waals surface area contributed by atoms with E-state index in [0.29, 0.717) is 10.6 Å². The largest absolute Gasteiger partial charge is 0.383 e. The van der Waals surface area contributed by atoms with Gasteiger partial charge in [-0.05, 0) is 6.07 Å². The average Bonchev–Trinajstić information content (AvgIpc) is 2.42. The highest BCUT2D eigenvalue weighted by atomic mass is 35.5. The first-order valence-corrected chi connectivity index (χ1v) is 6.44. The molecule has 6 heteroatoms. The van der Waals surface area contributed by atoms with E-state index in [9.17, 15) is 4.79 Å². The molecule has 1 aromatic heterocycles. The molecule has 3 aliphatic rings. The summed E-state index contributed by atoms with van der Waals surface area (Å²) in [6.07, 6.45) is 1.46. The highest BCUT2D eigenvalue weighted by Gasteiger charge is 2.37. The highest BCUT2D eigenvalue weighted by Crippen LogP contribution is 2.23. The molecule has 0 radical (unpaired) electrons. The van der Waals surface area contributed by atoms with Gasteiger partial charge >= 0.3 is 0 Å². The van der Waals surface area contributed by atoms with E-state index in [-0.39, 0.29) is 17.6 Å². The van der Waals surface area contributed by atoms with Crippen molar-refractivity contribution < 1.29 is 4.79 Å². The number of ketones is 1. The Balaban J connectivity index is 1.88. The summed E-state index contributed by atoms with van der Waals surface area (Å²) in [6, 6.07) is 1.51. The summed E-state index contributed by atoms with van der Waals surface area (Å²) >= 11 is 5.88. The number of nitrogens with zero attached hydrogens (tertiary/aromatic N) is 3. The van der Waals surface area contributed by atoms with Gasteiger partial charge in [-0.2, -0.15) is 0 Å². The number of aromatic nitrogens is 1. The predicted molar refractivity (Wildman–Crippen MR) is 69.8 cm³/mol. The summed E-state index contributed by atoms with van der Waals surface area (Å²) in [5.41, 5.74) is 6.22. The van der Waals surface area contributed by atoms with Gasteiger partial charge in [-0.1, -0.05) is 11.6 Å². The molecule has 0 aromatic carbocycles. The number of fused-ring (bicyclic) bond motifs is 3. The number of hydrogen-bond donors (Lipinski definition) is 1. The molecule has 2 bridgehead atoms. The van der Waals surface area contributed by atoms with Gasteiger partial charge in [0.05, 0.1) is 16.6 Å². The normalized spacial score (nSPS) is 30.4. The summed E-state index contributed by atoms with van der Waals surface area (Å²) < 4.78 is 0. The Morgan fingerprint density at radius 2 is 2.11 bits per heavy atom. The molecule has 1 atom stereocenters. The zero-order valence-electron chi connectivity index (χ0n) is 9.97. The van der Waals surface area contributed by atoms with Crippen molar-refractivity contribution in [2.75, 3.05) is 38.5 Å². The second-order valence-corrected chi connectivity index (χ2v) is 5.24. The molecular formula is C12H15ClN4O. The van der Waals surface area contributed by atoms with Crippen LogP contribution < -0.4 is 5.73 Å². The predicted octanol–water partition coefficient (Wildman–Crippen LogP) is 0.500. The van der Waals surface area contributed by atoms with Crippen molar-refractivity contribution in [1.29, 1.82) is 0 Å². The topological polar surface area (TPSA) is 62.5 Å². The van der Waals surface area contributed by atoms with Crippen LogP contribution in [0.3, 0.4) is 0 Å². The van der Waals surface area contributed by atoms with Crippen LogP contribution >= 0.6 is 11.6 Å². The summed E-state index contributed by atoms with van der Waals surface area (Å²) in [5, 5.41) is 0.448. The Labute approximate surface area is 111 Å². The van der Waals surface area contributed by atoms with E-state index in [1.54, 1.807) is 6.07 Å². The fraction of sp³-hybridized carbons (Fsp3) is 0.500. The number of Topliss-reactive ketones (excluding diaryl/α,β-unsaturated/α-hetero) is 1. The van der Waals surface area contributed by atoms with E-state index < -0.39 is 0 Å². The van der Waals surface area contributed by atoms with Crippen LogP contribution in [-0.4, -0.2) is 59.3 Å². The van der Waals surface area contributed by atoms with Crippen LogP contribution in [-0.2, 0) is 0 Å². The summed E-state index contributed by atoms with van der Waals surface area (Å²) in [6.45, 7) is 4.78. The van der Waals surface area contributed by atoms with Crippen molar-refractivity contribution in [1.82, 2.24) is 14.8 Å². The minimum atomic E-state index is -0.102. The Hall–Kier alpha value is -1.17. The molecular weight excluding hydrogens is 252 g/mol. The van der Waals surface area contributed by atoms with Gasteiger partial charge < -0.3 is 5.73 Å². The van der Waals surface area contributed by atoms with Crippen LogP contribution in [0, 0.1) is 0 Å². The third-order valence-electron chi connectivity index (χ3n) is 3.73. The number of anilines is 1. The molecule has 96 valence electrons. The number of nitrogen functional groups attached to an aromatic ring is 1. The molecule has 3 fully saturated rings. The van der Waals surface area contributed by atoms with Crippen molar-refractivity contribution in [2.24, 2.45) is 0 Å². The maximum atomic E-state index is 12.5. The molecule has 0 aliphatic carbocycles. The molecule has 0 amide bonds. The Morgan fingerprint density at radius 3 is 2.72 bits per heavy atom. The zero-order valence-corrected chi connectivity index (χ0v) is 10.7. The minimum Gasteiger partial charge on any atom is -0.383 e. The molecule has 18 heavy (non-hydrogen) atoms. The second-order valence-electron chi connectivity index (χ2n) is 4.80. The fourth-order valence-electron chi connectivity index (χ4n) is 2.69. The summed E-state index contributed by atoms with van der Waals surface area (Å²) in [5.74, 6) is 0.300. The van der Waals surface area contributed by atoms with Crippen LogP contribution in [0.4, 0.5) is 5.82 Å². The van der Waals surface area contributed by atoms with E-state index in [2.05, 4.69) is 14.8 Å². The number of rotatable bonds is 2. The summed E-state index contributed by atoms with van der Waals surface area (Å²) in [7, 11) is 0.